The number of fused-ring (bicyclic) bond motifs is 1. The number of nitrogens with two attached hydrogens (primary N) is 1. The maximum absolute atomic E-state index is 12.1. The van der Waals surface area contributed by atoms with E-state index >= 15 is 0 Å². The van der Waals surface area contributed by atoms with E-state index in [2.05, 4.69) is 15.0 Å². The Kier molecular flexibility index (Phi) is 3.54. The molecule has 0 saturated carbocycles. The molecule has 122 valence electrons. The zero-order chi connectivity index (χ0) is 17.4. The van der Waals surface area contributed by atoms with Crippen molar-refractivity contribution in [2.45, 2.75) is 6.92 Å². The summed E-state index contributed by atoms with van der Waals surface area (Å²) in [5.74, 6) is -0.0405. The van der Waals surface area contributed by atoms with Gasteiger partial charge in [0.05, 0.1) is 16.9 Å². The van der Waals surface area contributed by atoms with Crippen molar-refractivity contribution in [3.05, 3.63) is 76.7 Å². The fourth-order valence-electron chi connectivity index (χ4n) is 2.92. The second-order valence-corrected chi connectivity index (χ2v) is 5.90. The topological polar surface area (TPSA) is 84.7 Å². The Morgan fingerprint density at radius 1 is 1.00 bits per heavy atom. The Hall–Kier alpha value is -3.47. The zero-order valence-corrected chi connectivity index (χ0v) is 13.7. The first-order chi connectivity index (χ1) is 12.1. The van der Waals surface area contributed by atoms with Crippen LogP contribution in [0.3, 0.4) is 0 Å². The van der Waals surface area contributed by atoms with Crippen LogP contribution in [-0.4, -0.2) is 15.0 Å². The van der Waals surface area contributed by atoms with Gasteiger partial charge in [0.25, 0.3) is 5.56 Å². The Bertz CT molecular complexity index is 1130. The van der Waals surface area contributed by atoms with Gasteiger partial charge >= 0.3 is 0 Å². The third kappa shape index (κ3) is 2.65. The molecule has 5 heteroatoms. The molecule has 0 aliphatic rings. The van der Waals surface area contributed by atoms with Crippen molar-refractivity contribution in [3.8, 4) is 22.5 Å². The normalized spacial score (nSPS) is 10.9. The average molecular weight is 328 g/mol. The van der Waals surface area contributed by atoms with E-state index in [1.165, 1.54) is 0 Å². The van der Waals surface area contributed by atoms with E-state index in [1.54, 1.807) is 6.20 Å². The van der Waals surface area contributed by atoms with Crippen LogP contribution in [0.25, 0.3) is 33.4 Å². The predicted molar refractivity (Wildman–Crippen MR) is 100 cm³/mol. The summed E-state index contributed by atoms with van der Waals surface area (Å²) < 4.78 is 0. The molecule has 2 heterocycles. The summed E-state index contributed by atoms with van der Waals surface area (Å²) in [6, 6.07) is 17.5. The number of rotatable bonds is 2. The van der Waals surface area contributed by atoms with Crippen molar-refractivity contribution in [3.63, 3.8) is 0 Å². The number of pyridine rings is 1. The van der Waals surface area contributed by atoms with Gasteiger partial charge in [0.1, 0.15) is 0 Å². The van der Waals surface area contributed by atoms with E-state index in [0.29, 0.717) is 11.4 Å². The van der Waals surface area contributed by atoms with Crippen LogP contribution in [-0.2, 0) is 0 Å². The van der Waals surface area contributed by atoms with Crippen molar-refractivity contribution < 1.29 is 0 Å². The van der Waals surface area contributed by atoms with Crippen LogP contribution in [0.2, 0.25) is 0 Å². The van der Waals surface area contributed by atoms with Crippen molar-refractivity contribution in [2.75, 3.05) is 5.73 Å². The summed E-state index contributed by atoms with van der Waals surface area (Å²) in [4.78, 5) is 23.7. The van der Waals surface area contributed by atoms with Gasteiger partial charge in [-0.2, -0.15) is 0 Å². The molecule has 0 unspecified atom stereocenters. The number of aromatic amines is 1. The number of anilines is 1. The van der Waals surface area contributed by atoms with Crippen LogP contribution in [0.15, 0.2) is 65.6 Å². The quantitative estimate of drug-likeness (QED) is 0.589. The molecule has 0 bridgehead atoms. The van der Waals surface area contributed by atoms with Gasteiger partial charge < -0.3 is 10.7 Å². The Morgan fingerprint density at radius 2 is 1.80 bits per heavy atom. The molecule has 2 aromatic carbocycles. The van der Waals surface area contributed by atoms with E-state index in [-0.39, 0.29) is 5.82 Å². The van der Waals surface area contributed by atoms with Gasteiger partial charge in [-0.3, -0.25) is 9.78 Å². The minimum absolute atomic E-state index is 0.0405. The van der Waals surface area contributed by atoms with E-state index in [4.69, 9.17) is 5.73 Å². The minimum Gasteiger partial charge on any atom is -0.379 e. The molecule has 0 amide bonds. The minimum atomic E-state index is -0.391. The number of aryl methyl sites for hydroxylation is 1. The van der Waals surface area contributed by atoms with Gasteiger partial charge in [-0.15, -0.1) is 0 Å². The third-order valence-corrected chi connectivity index (χ3v) is 4.24. The van der Waals surface area contributed by atoms with Crippen LogP contribution in [0.1, 0.15) is 5.56 Å². The van der Waals surface area contributed by atoms with E-state index in [9.17, 15) is 4.79 Å². The molecule has 0 radical (unpaired) electrons. The molecule has 5 nitrogen and oxygen atoms in total. The van der Waals surface area contributed by atoms with Crippen molar-refractivity contribution in [1.29, 1.82) is 0 Å². The number of nitrogen functional groups attached to an aromatic ring is 1. The molecule has 4 rings (SSSR count). The first kappa shape index (κ1) is 15.1. The van der Waals surface area contributed by atoms with E-state index in [0.717, 1.165) is 27.6 Å². The molecule has 25 heavy (non-hydrogen) atoms. The van der Waals surface area contributed by atoms with Crippen LogP contribution in [0, 0.1) is 6.92 Å². The number of H-pyrrole nitrogens is 1. The van der Waals surface area contributed by atoms with Crippen LogP contribution in [0.4, 0.5) is 5.82 Å². The van der Waals surface area contributed by atoms with Gasteiger partial charge in [0.2, 0.25) is 0 Å². The van der Waals surface area contributed by atoms with Crippen molar-refractivity contribution in [1.82, 2.24) is 15.0 Å². The molecule has 4 aromatic rings. The highest BCUT2D eigenvalue weighted by molar-refractivity contribution is 5.89. The first-order valence-corrected chi connectivity index (χ1v) is 7.94. The van der Waals surface area contributed by atoms with Gasteiger partial charge in [-0.05, 0) is 30.7 Å². The molecular formula is C20H16N4O. The molecule has 0 aliphatic carbocycles. The van der Waals surface area contributed by atoms with Crippen molar-refractivity contribution >= 4 is 16.7 Å². The molecule has 0 aliphatic heterocycles. The number of aromatic nitrogens is 3. The lowest BCUT2D eigenvalue weighted by molar-refractivity contribution is 1.16. The van der Waals surface area contributed by atoms with Crippen LogP contribution in [0.5, 0.6) is 0 Å². The Labute approximate surface area is 144 Å². The standard InChI is InChI=1S/C20H16N4O/c1-12-9-10-22-16-8-7-14(11-15(12)16)18-17(13-5-3-2-4-6-13)23-19(21)20(25)24-18/h2-11H,1H3,(H2,21,23)(H,24,25). The number of benzene rings is 2. The summed E-state index contributed by atoms with van der Waals surface area (Å²) in [6.45, 7) is 2.04. The third-order valence-electron chi connectivity index (χ3n) is 4.24. The van der Waals surface area contributed by atoms with E-state index < -0.39 is 5.56 Å². The summed E-state index contributed by atoms with van der Waals surface area (Å²) in [5, 5.41) is 1.04. The molecule has 3 N–H and O–H groups in total. The fourth-order valence-corrected chi connectivity index (χ4v) is 2.92. The molecular weight excluding hydrogens is 312 g/mol. The van der Waals surface area contributed by atoms with Crippen LogP contribution >= 0.6 is 0 Å². The Balaban J connectivity index is 2.01. The lowest BCUT2D eigenvalue weighted by Gasteiger charge is -2.11. The highest BCUT2D eigenvalue weighted by atomic mass is 16.1. The molecule has 0 spiro atoms. The van der Waals surface area contributed by atoms with Crippen molar-refractivity contribution in [2.24, 2.45) is 0 Å². The summed E-state index contributed by atoms with van der Waals surface area (Å²) in [7, 11) is 0. The maximum atomic E-state index is 12.1. The lowest BCUT2D eigenvalue weighted by atomic mass is 10.0. The molecule has 0 saturated heterocycles. The second kappa shape index (κ2) is 5.87. The monoisotopic (exact) mass is 328 g/mol. The van der Waals surface area contributed by atoms with Crippen LogP contribution < -0.4 is 11.3 Å². The van der Waals surface area contributed by atoms with Gasteiger partial charge in [-0.1, -0.05) is 36.4 Å². The van der Waals surface area contributed by atoms with Gasteiger partial charge in [0, 0.05) is 22.7 Å². The number of nitrogens with zero attached hydrogens (tertiary/aromatic N) is 2. The maximum Gasteiger partial charge on any atom is 0.290 e. The first-order valence-electron chi connectivity index (χ1n) is 7.94. The fraction of sp³-hybridized carbons (Fsp3) is 0.0500. The average Bonchev–Trinajstić information content (AvgIpc) is 2.64. The highest BCUT2D eigenvalue weighted by Crippen LogP contribution is 2.30. The number of hydrogen-bond acceptors (Lipinski definition) is 4. The summed E-state index contributed by atoms with van der Waals surface area (Å²) in [5.41, 5.74) is 10.5. The smallest absolute Gasteiger partial charge is 0.290 e. The second-order valence-electron chi connectivity index (χ2n) is 5.90. The highest BCUT2D eigenvalue weighted by Gasteiger charge is 2.13. The van der Waals surface area contributed by atoms with Gasteiger partial charge in [-0.25, -0.2) is 4.98 Å². The number of nitrogens with one attached hydrogen (secondary N) is 1. The Morgan fingerprint density at radius 3 is 2.60 bits per heavy atom. The molecule has 0 atom stereocenters. The SMILES string of the molecule is Cc1ccnc2ccc(-c3[nH]c(=O)c(N)nc3-c3ccccc3)cc12. The lowest BCUT2D eigenvalue weighted by Crippen LogP contribution is -2.16. The number of hydrogen-bond donors (Lipinski definition) is 2. The zero-order valence-electron chi connectivity index (χ0n) is 13.7. The predicted octanol–water partition coefficient (Wildman–Crippen LogP) is 3.54. The largest absolute Gasteiger partial charge is 0.379 e. The molecule has 2 aromatic heterocycles. The summed E-state index contributed by atoms with van der Waals surface area (Å²) in [6.07, 6.45) is 1.79. The summed E-state index contributed by atoms with van der Waals surface area (Å²) >= 11 is 0. The van der Waals surface area contributed by atoms with E-state index in [1.807, 2.05) is 61.5 Å². The van der Waals surface area contributed by atoms with Gasteiger partial charge in [0.15, 0.2) is 5.82 Å². The molecule has 0 fully saturated rings.